The van der Waals surface area contributed by atoms with E-state index in [0.717, 1.165) is 17.1 Å². The third-order valence-corrected chi connectivity index (χ3v) is 3.67. The number of nitrogens with one attached hydrogen (secondary N) is 1. The van der Waals surface area contributed by atoms with Crippen LogP contribution in [0.4, 0.5) is 17.1 Å². The highest BCUT2D eigenvalue weighted by Crippen LogP contribution is 2.37. The lowest BCUT2D eigenvalue weighted by Gasteiger charge is -2.22. The van der Waals surface area contributed by atoms with Gasteiger partial charge in [-0.25, -0.2) is 0 Å². The van der Waals surface area contributed by atoms with E-state index < -0.39 is 6.10 Å². The number of aliphatic hydroxyl groups excluding tert-OH is 1. The van der Waals surface area contributed by atoms with Gasteiger partial charge in [-0.05, 0) is 24.3 Å². The molecule has 1 atom stereocenters. The monoisotopic (exact) mass is 284 g/mol. The first-order valence-electron chi connectivity index (χ1n) is 6.61. The van der Waals surface area contributed by atoms with Crippen LogP contribution in [-0.2, 0) is 4.79 Å². The van der Waals surface area contributed by atoms with Gasteiger partial charge in [-0.15, -0.1) is 0 Å². The highest BCUT2D eigenvalue weighted by molar-refractivity contribution is 6.02. The maximum Gasteiger partial charge on any atom is 0.257 e. The Morgan fingerprint density at radius 1 is 1.24 bits per heavy atom. The van der Waals surface area contributed by atoms with Gasteiger partial charge in [0.1, 0.15) is 5.75 Å². The number of carbonyl (C=O) groups excluding carboxylic acids is 1. The number of hydrogen-bond donors (Lipinski definition) is 2. The third-order valence-electron chi connectivity index (χ3n) is 3.67. The predicted molar refractivity (Wildman–Crippen MR) is 81.1 cm³/mol. The number of rotatable bonds is 3. The topological polar surface area (TPSA) is 61.8 Å². The molecule has 0 aliphatic carbocycles. The Hall–Kier alpha value is -2.53. The first-order chi connectivity index (χ1) is 10.1. The molecule has 0 bridgehead atoms. The van der Waals surface area contributed by atoms with E-state index >= 15 is 0 Å². The van der Waals surface area contributed by atoms with Crippen LogP contribution in [0.15, 0.2) is 42.5 Å². The highest BCUT2D eigenvalue weighted by Gasteiger charge is 2.28. The molecule has 0 fully saturated rings. The fraction of sp³-hybridized carbons (Fsp3) is 0.188. The van der Waals surface area contributed by atoms with Gasteiger partial charge >= 0.3 is 0 Å². The number of nitrogens with zero attached hydrogens (tertiary/aromatic N) is 1. The molecule has 0 radical (unpaired) electrons. The Kier molecular flexibility index (Phi) is 3.27. The van der Waals surface area contributed by atoms with Crippen LogP contribution in [0.1, 0.15) is 11.7 Å². The van der Waals surface area contributed by atoms with Crippen LogP contribution >= 0.6 is 0 Å². The summed E-state index contributed by atoms with van der Waals surface area (Å²) in [6.45, 7) is 0. The first kappa shape index (κ1) is 13.5. The number of benzene rings is 2. The fourth-order valence-electron chi connectivity index (χ4n) is 2.49. The molecule has 1 aliphatic rings. The molecule has 108 valence electrons. The number of hydrogen-bond acceptors (Lipinski definition) is 4. The average Bonchev–Trinajstić information content (AvgIpc) is 2.80. The zero-order valence-corrected chi connectivity index (χ0v) is 11.8. The summed E-state index contributed by atoms with van der Waals surface area (Å²) in [4.78, 5) is 13.5. The maximum atomic E-state index is 11.5. The number of carbonyl (C=O) groups is 1. The van der Waals surface area contributed by atoms with Crippen LogP contribution in [-0.4, -0.2) is 25.2 Å². The van der Waals surface area contributed by atoms with Gasteiger partial charge < -0.3 is 20.1 Å². The molecule has 21 heavy (non-hydrogen) atoms. The summed E-state index contributed by atoms with van der Waals surface area (Å²) in [5.74, 6) is 0.381. The highest BCUT2D eigenvalue weighted by atomic mass is 16.5. The summed E-state index contributed by atoms with van der Waals surface area (Å²) in [7, 11) is 3.55. The first-order valence-corrected chi connectivity index (χ1v) is 6.61. The molecule has 3 rings (SSSR count). The van der Waals surface area contributed by atoms with Crippen molar-refractivity contribution in [3.63, 3.8) is 0 Å². The van der Waals surface area contributed by atoms with Gasteiger partial charge in [0.25, 0.3) is 5.91 Å². The quantitative estimate of drug-likeness (QED) is 0.909. The summed E-state index contributed by atoms with van der Waals surface area (Å²) in [5.41, 5.74) is 3.07. The lowest BCUT2D eigenvalue weighted by Crippen LogP contribution is -2.11. The minimum Gasteiger partial charge on any atom is -0.495 e. The summed E-state index contributed by atoms with van der Waals surface area (Å²) in [5, 5.41) is 12.4. The van der Waals surface area contributed by atoms with Crippen LogP contribution in [0.5, 0.6) is 5.75 Å². The zero-order chi connectivity index (χ0) is 15.0. The molecule has 0 spiro atoms. The number of ether oxygens (including phenoxy) is 1. The van der Waals surface area contributed by atoms with Crippen molar-refractivity contribution in [2.75, 3.05) is 24.4 Å². The number of anilines is 3. The Balaban J connectivity index is 1.98. The second-order valence-corrected chi connectivity index (χ2v) is 4.89. The molecule has 2 N–H and O–H groups in total. The molecule has 1 aliphatic heterocycles. The molecule has 1 unspecified atom stereocenters. The molecule has 1 heterocycles. The van der Waals surface area contributed by atoms with Crippen molar-refractivity contribution >= 4 is 23.0 Å². The molecule has 2 aromatic rings. The van der Waals surface area contributed by atoms with E-state index in [1.165, 1.54) is 0 Å². The Bertz CT molecular complexity index is 700. The summed E-state index contributed by atoms with van der Waals surface area (Å²) in [6.07, 6.45) is -1.08. The summed E-state index contributed by atoms with van der Waals surface area (Å²) in [6, 6.07) is 13.2. The summed E-state index contributed by atoms with van der Waals surface area (Å²) < 4.78 is 5.36. The molecule has 0 saturated carbocycles. The number of para-hydroxylation sites is 2. The number of amides is 1. The van der Waals surface area contributed by atoms with E-state index in [2.05, 4.69) is 5.32 Å². The Labute approximate surface area is 122 Å². The molecule has 1 amide bonds. The van der Waals surface area contributed by atoms with E-state index in [9.17, 15) is 9.90 Å². The van der Waals surface area contributed by atoms with E-state index in [0.29, 0.717) is 11.3 Å². The Morgan fingerprint density at radius 2 is 2.00 bits per heavy atom. The number of fused-ring (bicyclic) bond motifs is 1. The average molecular weight is 284 g/mol. The fourth-order valence-corrected chi connectivity index (χ4v) is 2.49. The van der Waals surface area contributed by atoms with Gasteiger partial charge in [0, 0.05) is 24.0 Å². The standard InChI is InChI=1S/C16H16N2O3/c1-18(13-5-3-4-6-14(13)21-2)10-7-8-11-12(9-10)17-16(20)15(11)19/h3-9,15,19H,1-2H3,(H,17,20). The molecule has 2 aromatic carbocycles. The lowest BCUT2D eigenvalue weighted by atomic mass is 10.1. The van der Waals surface area contributed by atoms with Crippen molar-refractivity contribution in [3.8, 4) is 5.75 Å². The number of aliphatic hydroxyl groups is 1. The van der Waals surface area contributed by atoms with Crippen molar-refractivity contribution in [3.05, 3.63) is 48.0 Å². The van der Waals surface area contributed by atoms with Gasteiger partial charge in [0.15, 0.2) is 6.10 Å². The summed E-state index contributed by atoms with van der Waals surface area (Å²) >= 11 is 0. The van der Waals surface area contributed by atoms with Crippen molar-refractivity contribution in [2.45, 2.75) is 6.10 Å². The second kappa shape index (κ2) is 5.10. The number of methoxy groups -OCH3 is 1. The van der Waals surface area contributed by atoms with Crippen LogP contribution < -0.4 is 15.0 Å². The minimum atomic E-state index is -1.08. The van der Waals surface area contributed by atoms with E-state index in [1.807, 2.05) is 48.3 Å². The van der Waals surface area contributed by atoms with Crippen molar-refractivity contribution in [1.82, 2.24) is 0 Å². The van der Waals surface area contributed by atoms with Crippen LogP contribution in [0.3, 0.4) is 0 Å². The van der Waals surface area contributed by atoms with E-state index in [1.54, 1.807) is 13.2 Å². The van der Waals surface area contributed by atoms with Crippen molar-refractivity contribution in [1.29, 1.82) is 0 Å². The van der Waals surface area contributed by atoms with E-state index in [-0.39, 0.29) is 5.91 Å². The predicted octanol–water partition coefficient (Wildman–Crippen LogP) is 2.45. The zero-order valence-electron chi connectivity index (χ0n) is 11.8. The molecule has 5 heteroatoms. The lowest BCUT2D eigenvalue weighted by molar-refractivity contribution is -0.123. The van der Waals surface area contributed by atoms with Crippen molar-refractivity contribution in [2.24, 2.45) is 0 Å². The van der Waals surface area contributed by atoms with Gasteiger partial charge in [-0.2, -0.15) is 0 Å². The smallest absolute Gasteiger partial charge is 0.257 e. The van der Waals surface area contributed by atoms with Gasteiger partial charge in [0.05, 0.1) is 12.8 Å². The molecular formula is C16H16N2O3. The molecule has 5 nitrogen and oxygen atoms in total. The maximum absolute atomic E-state index is 11.5. The Morgan fingerprint density at radius 3 is 2.76 bits per heavy atom. The molecule has 0 saturated heterocycles. The van der Waals surface area contributed by atoms with Gasteiger partial charge in [-0.1, -0.05) is 18.2 Å². The SMILES string of the molecule is COc1ccccc1N(C)c1ccc2c(c1)NC(=O)C2O. The van der Waals surface area contributed by atoms with Crippen LogP contribution in [0.2, 0.25) is 0 Å². The third kappa shape index (κ3) is 2.21. The second-order valence-electron chi connectivity index (χ2n) is 4.89. The van der Waals surface area contributed by atoms with E-state index in [4.69, 9.17) is 4.74 Å². The van der Waals surface area contributed by atoms with Gasteiger partial charge in [-0.3, -0.25) is 4.79 Å². The van der Waals surface area contributed by atoms with Crippen molar-refractivity contribution < 1.29 is 14.6 Å². The largest absolute Gasteiger partial charge is 0.495 e. The van der Waals surface area contributed by atoms with Crippen LogP contribution in [0, 0.1) is 0 Å². The normalized spacial score (nSPS) is 16.3. The van der Waals surface area contributed by atoms with Gasteiger partial charge in [0.2, 0.25) is 0 Å². The van der Waals surface area contributed by atoms with Crippen LogP contribution in [0.25, 0.3) is 0 Å². The minimum absolute atomic E-state index is 0.387. The molecular weight excluding hydrogens is 268 g/mol. The molecule has 0 aromatic heterocycles.